The van der Waals surface area contributed by atoms with E-state index >= 15 is 0 Å². The number of aryl methyl sites for hydroxylation is 2. The molecule has 0 atom stereocenters. The first-order valence-electron chi connectivity index (χ1n) is 8.29. The van der Waals surface area contributed by atoms with Gasteiger partial charge in [0.25, 0.3) is 0 Å². The van der Waals surface area contributed by atoms with Crippen molar-refractivity contribution in [2.45, 2.75) is 20.3 Å². The lowest BCUT2D eigenvalue weighted by Crippen LogP contribution is -2.37. The van der Waals surface area contributed by atoms with E-state index < -0.39 is 0 Å². The van der Waals surface area contributed by atoms with Gasteiger partial charge >= 0.3 is 0 Å². The molecule has 0 spiro atoms. The van der Waals surface area contributed by atoms with Crippen LogP contribution in [-0.4, -0.2) is 43.0 Å². The number of fused-ring (bicyclic) bond motifs is 1. The van der Waals surface area contributed by atoms with Gasteiger partial charge in [-0.25, -0.2) is 4.98 Å². The van der Waals surface area contributed by atoms with Gasteiger partial charge in [0.15, 0.2) is 5.13 Å². The van der Waals surface area contributed by atoms with Crippen molar-refractivity contribution < 1.29 is 4.79 Å². The van der Waals surface area contributed by atoms with Crippen molar-refractivity contribution in [3.63, 3.8) is 0 Å². The Bertz CT molecular complexity index is 874. The number of benzene rings is 1. The summed E-state index contributed by atoms with van der Waals surface area (Å²) in [6, 6.07) is 8.29. The molecule has 0 aliphatic rings. The van der Waals surface area contributed by atoms with Crippen molar-refractivity contribution in [1.29, 1.82) is 0 Å². The number of thiazole rings is 1. The fraction of sp³-hybridized carbons (Fsp3) is 0.368. The molecule has 0 saturated carbocycles. The van der Waals surface area contributed by atoms with Crippen molar-refractivity contribution in [2.24, 2.45) is 0 Å². The molecule has 0 radical (unpaired) electrons. The van der Waals surface area contributed by atoms with Crippen LogP contribution in [0.2, 0.25) is 0 Å². The number of carbonyl (C=O) groups excluding carboxylic acids is 1. The van der Waals surface area contributed by atoms with Gasteiger partial charge in [0.1, 0.15) is 0 Å². The first-order valence-corrected chi connectivity index (χ1v) is 9.99. The second-order valence-electron chi connectivity index (χ2n) is 6.53. The molecule has 0 N–H and O–H groups in total. The minimum absolute atomic E-state index is 0. The molecule has 0 aliphatic heterocycles. The largest absolute Gasteiger partial charge is 0.308 e. The van der Waals surface area contributed by atoms with Gasteiger partial charge in [-0.15, -0.1) is 23.7 Å². The van der Waals surface area contributed by atoms with Crippen molar-refractivity contribution in [3.8, 4) is 0 Å². The highest BCUT2D eigenvalue weighted by Crippen LogP contribution is 2.32. The second-order valence-corrected chi connectivity index (χ2v) is 8.57. The summed E-state index contributed by atoms with van der Waals surface area (Å²) in [4.78, 5) is 22.8. The molecule has 2 heterocycles. The topological polar surface area (TPSA) is 36.4 Å². The first-order chi connectivity index (χ1) is 11.9. The summed E-state index contributed by atoms with van der Waals surface area (Å²) < 4.78 is 1.14. The van der Waals surface area contributed by atoms with E-state index in [1.165, 1.54) is 5.56 Å². The number of rotatable bonds is 6. The maximum atomic E-state index is 12.9. The van der Waals surface area contributed by atoms with E-state index in [-0.39, 0.29) is 18.3 Å². The Hall–Kier alpha value is -1.47. The Labute approximate surface area is 168 Å². The van der Waals surface area contributed by atoms with Crippen LogP contribution in [0.25, 0.3) is 10.2 Å². The minimum atomic E-state index is 0. The van der Waals surface area contributed by atoms with E-state index in [0.29, 0.717) is 13.0 Å². The number of carbonyl (C=O) groups is 1. The molecule has 3 rings (SSSR count). The summed E-state index contributed by atoms with van der Waals surface area (Å²) in [5.74, 6) is 0.109. The summed E-state index contributed by atoms with van der Waals surface area (Å²) in [7, 11) is 4.04. The van der Waals surface area contributed by atoms with E-state index in [4.69, 9.17) is 4.98 Å². The van der Waals surface area contributed by atoms with E-state index in [9.17, 15) is 4.79 Å². The van der Waals surface area contributed by atoms with E-state index in [1.54, 1.807) is 22.7 Å². The van der Waals surface area contributed by atoms with Crippen molar-refractivity contribution in [1.82, 2.24) is 9.88 Å². The highest BCUT2D eigenvalue weighted by molar-refractivity contribution is 7.22. The molecule has 0 saturated heterocycles. The van der Waals surface area contributed by atoms with Crippen LogP contribution >= 0.6 is 35.1 Å². The van der Waals surface area contributed by atoms with Crippen LogP contribution in [0.4, 0.5) is 5.13 Å². The predicted molar refractivity (Wildman–Crippen MR) is 115 cm³/mol. The Balaban J connectivity index is 0.00000243. The number of aromatic nitrogens is 1. The molecular weight excluding hydrogens is 386 g/mol. The Morgan fingerprint density at radius 3 is 2.62 bits per heavy atom. The maximum absolute atomic E-state index is 12.9. The maximum Gasteiger partial charge on any atom is 0.234 e. The van der Waals surface area contributed by atoms with Crippen LogP contribution in [0.5, 0.6) is 0 Å². The SMILES string of the molecule is Cc1cc(C)c2nc(N(CCN(C)C)C(=O)Cc3cccs3)sc2c1.Cl. The summed E-state index contributed by atoms with van der Waals surface area (Å²) in [5, 5.41) is 2.81. The summed E-state index contributed by atoms with van der Waals surface area (Å²) in [6.07, 6.45) is 0.430. The summed E-state index contributed by atoms with van der Waals surface area (Å²) in [5.41, 5.74) is 3.39. The van der Waals surface area contributed by atoms with E-state index in [1.807, 2.05) is 36.5 Å². The van der Waals surface area contributed by atoms with Crippen molar-refractivity contribution >= 4 is 56.3 Å². The lowest BCUT2D eigenvalue weighted by Gasteiger charge is -2.21. The zero-order valence-electron chi connectivity index (χ0n) is 15.5. The number of likely N-dealkylation sites (N-methyl/N-ethyl adjacent to an activating group) is 1. The van der Waals surface area contributed by atoms with Gasteiger partial charge in [-0.2, -0.15) is 0 Å². The Kier molecular flexibility index (Phi) is 7.17. The Morgan fingerprint density at radius 2 is 1.96 bits per heavy atom. The van der Waals surface area contributed by atoms with Crippen LogP contribution < -0.4 is 4.90 Å². The average molecular weight is 410 g/mol. The number of halogens is 1. The van der Waals surface area contributed by atoms with Crippen molar-refractivity contribution in [2.75, 3.05) is 32.1 Å². The third kappa shape index (κ3) is 4.82. The van der Waals surface area contributed by atoms with Gasteiger partial charge in [0.05, 0.1) is 16.6 Å². The number of thiophene rings is 1. The predicted octanol–water partition coefficient (Wildman–Crippen LogP) is 4.53. The third-order valence-corrected chi connectivity index (χ3v) is 5.93. The second kappa shape index (κ2) is 8.95. The third-order valence-electron chi connectivity index (χ3n) is 4.03. The van der Waals surface area contributed by atoms with E-state index in [2.05, 4.69) is 30.9 Å². The molecule has 0 aliphatic carbocycles. The van der Waals surface area contributed by atoms with Crippen LogP contribution in [-0.2, 0) is 11.2 Å². The molecule has 3 aromatic rings. The fourth-order valence-electron chi connectivity index (χ4n) is 2.76. The van der Waals surface area contributed by atoms with Gasteiger partial charge in [-0.05, 0) is 56.6 Å². The monoisotopic (exact) mass is 409 g/mol. The van der Waals surface area contributed by atoms with Gasteiger partial charge in [-0.3, -0.25) is 9.69 Å². The number of anilines is 1. The molecule has 7 heteroatoms. The zero-order chi connectivity index (χ0) is 18.0. The number of hydrogen-bond donors (Lipinski definition) is 0. The van der Waals surface area contributed by atoms with Gasteiger partial charge in [0.2, 0.25) is 5.91 Å². The molecule has 1 amide bonds. The quantitative estimate of drug-likeness (QED) is 0.599. The zero-order valence-corrected chi connectivity index (χ0v) is 17.9. The molecule has 0 unspecified atom stereocenters. The number of amides is 1. The average Bonchev–Trinajstić information content (AvgIpc) is 3.16. The van der Waals surface area contributed by atoms with Gasteiger partial charge < -0.3 is 4.90 Å². The van der Waals surface area contributed by atoms with Crippen LogP contribution in [0.1, 0.15) is 16.0 Å². The summed E-state index contributed by atoms with van der Waals surface area (Å²) >= 11 is 3.23. The van der Waals surface area contributed by atoms with Crippen LogP contribution in [0.3, 0.4) is 0 Å². The normalized spacial score (nSPS) is 11.0. The fourth-order valence-corrected chi connectivity index (χ4v) is 4.64. The Morgan fingerprint density at radius 1 is 1.19 bits per heavy atom. The number of hydrogen-bond acceptors (Lipinski definition) is 5. The molecule has 0 fully saturated rings. The lowest BCUT2D eigenvalue weighted by molar-refractivity contribution is -0.118. The molecule has 140 valence electrons. The van der Waals surface area contributed by atoms with Gasteiger partial charge in [0, 0.05) is 18.0 Å². The van der Waals surface area contributed by atoms with E-state index in [0.717, 1.165) is 32.3 Å². The molecule has 2 aromatic heterocycles. The minimum Gasteiger partial charge on any atom is -0.308 e. The highest BCUT2D eigenvalue weighted by atomic mass is 35.5. The summed E-state index contributed by atoms with van der Waals surface area (Å²) in [6.45, 7) is 5.63. The highest BCUT2D eigenvalue weighted by Gasteiger charge is 2.21. The smallest absolute Gasteiger partial charge is 0.234 e. The number of nitrogens with zero attached hydrogens (tertiary/aromatic N) is 3. The molecular formula is C19H24ClN3OS2. The molecule has 4 nitrogen and oxygen atoms in total. The van der Waals surface area contributed by atoms with Gasteiger partial charge in [-0.1, -0.05) is 23.5 Å². The van der Waals surface area contributed by atoms with Crippen LogP contribution in [0.15, 0.2) is 29.6 Å². The molecule has 1 aromatic carbocycles. The molecule has 0 bridgehead atoms. The van der Waals surface area contributed by atoms with Crippen LogP contribution in [0, 0.1) is 13.8 Å². The van der Waals surface area contributed by atoms with Crippen molar-refractivity contribution in [3.05, 3.63) is 45.6 Å². The molecule has 26 heavy (non-hydrogen) atoms. The lowest BCUT2D eigenvalue weighted by atomic mass is 10.1. The standard InChI is InChI=1S/C19H23N3OS2.ClH/c1-13-10-14(2)18-16(11-13)25-19(20-18)22(8-7-21(3)4)17(23)12-15-6-5-9-24-15;/h5-6,9-11H,7-8,12H2,1-4H3;1H. The first kappa shape index (κ1) is 20.8.